The van der Waals surface area contributed by atoms with Crippen molar-refractivity contribution in [3.05, 3.63) is 23.1 Å². The number of aliphatic hydroxyl groups is 1. The number of hydrogen-bond acceptors (Lipinski definition) is 8. The second-order valence-corrected chi connectivity index (χ2v) is 8.54. The highest BCUT2D eigenvalue weighted by molar-refractivity contribution is 5.65. The number of aryl methyl sites for hydroxylation is 3. The number of hydrogen-bond donors (Lipinski definition) is 2. The van der Waals surface area contributed by atoms with Crippen LogP contribution in [-0.4, -0.2) is 66.6 Å². The van der Waals surface area contributed by atoms with Crippen molar-refractivity contribution in [2.75, 3.05) is 29.9 Å². The summed E-state index contributed by atoms with van der Waals surface area (Å²) in [6, 6.07) is 1.75. The first kappa shape index (κ1) is 21.8. The molecule has 2 aliphatic rings. The highest BCUT2D eigenvalue weighted by Crippen LogP contribution is 2.27. The van der Waals surface area contributed by atoms with Crippen LogP contribution in [0.15, 0.2) is 6.07 Å². The molecule has 0 amide bonds. The number of alkyl halides is 3. The number of anilines is 2. The van der Waals surface area contributed by atoms with E-state index in [9.17, 15) is 18.3 Å². The van der Waals surface area contributed by atoms with Crippen LogP contribution in [0.25, 0.3) is 17.0 Å². The molecule has 0 radical (unpaired) electrons. The van der Waals surface area contributed by atoms with Gasteiger partial charge in [-0.25, -0.2) is 4.98 Å². The minimum absolute atomic E-state index is 0.0834. The molecule has 1 aliphatic heterocycles. The molecule has 176 valence electrons. The van der Waals surface area contributed by atoms with Crippen molar-refractivity contribution < 1.29 is 18.3 Å². The van der Waals surface area contributed by atoms with Crippen LogP contribution in [0.5, 0.6) is 0 Å². The van der Waals surface area contributed by atoms with Gasteiger partial charge in [0, 0.05) is 19.2 Å². The van der Waals surface area contributed by atoms with Crippen molar-refractivity contribution in [2.45, 2.75) is 57.7 Å². The molecule has 3 aromatic rings. The molecule has 0 bridgehead atoms. The summed E-state index contributed by atoms with van der Waals surface area (Å²) in [5, 5.41) is 16.6. The Balaban J connectivity index is 1.55. The van der Waals surface area contributed by atoms with E-state index >= 15 is 0 Å². The largest absolute Gasteiger partial charge is 0.416 e. The SMILES string of the molecule is Cc1nc2c(nc1-c1cc3nc(N4CCCC4)nc(NC[C@H](O)C(F)(F)F)n3n1)CCCC2. The maximum atomic E-state index is 12.8. The lowest BCUT2D eigenvalue weighted by Gasteiger charge is -2.18. The average molecular weight is 462 g/mol. The van der Waals surface area contributed by atoms with Gasteiger partial charge in [0.1, 0.15) is 11.4 Å². The van der Waals surface area contributed by atoms with E-state index in [-0.39, 0.29) is 5.95 Å². The van der Waals surface area contributed by atoms with Gasteiger partial charge < -0.3 is 15.3 Å². The zero-order valence-corrected chi connectivity index (χ0v) is 18.2. The topological polar surface area (TPSA) is 104 Å². The maximum Gasteiger partial charge on any atom is 0.416 e. The van der Waals surface area contributed by atoms with Crippen LogP contribution < -0.4 is 10.2 Å². The smallest absolute Gasteiger partial charge is 0.382 e. The quantitative estimate of drug-likeness (QED) is 0.597. The summed E-state index contributed by atoms with van der Waals surface area (Å²) < 4.78 is 39.8. The molecule has 1 atom stereocenters. The van der Waals surface area contributed by atoms with Gasteiger partial charge in [-0.2, -0.15) is 32.8 Å². The maximum absolute atomic E-state index is 12.8. The third-order valence-electron chi connectivity index (χ3n) is 6.08. The van der Waals surface area contributed by atoms with Crippen molar-refractivity contribution in [2.24, 2.45) is 0 Å². The molecule has 1 saturated heterocycles. The number of halogens is 3. The number of fused-ring (bicyclic) bond motifs is 2. The van der Waals surface area contributed by atoms with Gasteiger partial charge in [-0.15, -0.1) is 0 Å². The molecular weight excluding hydrogens is 437 g/mol. The third-order valence-corrected chi connectivity index (χ3v) is 6.08. The Kier molecular flexibility index (Phi) is 5.55. The summed E-state index contributed by atoms with van der Waals surface area (Å²) in [7, 11) is 0. The average Bonchev–Trinajstić information content (AvgIpc) is 3.46. The molecule has 3 aromatic heterocycles. The van der Waals surface area contributed by atoms with Gasteiger partial charge in [0.05, 0.1) is 23.6 Å². The lowest BCUT2D eigenvalue weighted by molar-refractivity contribution is -0.198. The Morgan fingerprint density at radius 3 is 2.42 bits per heavy atom. The standard InChI is InChI=1S/C21H25F3N8O/c1-12-18(27-14-7-3-2-6-13(14)26-12)15-10-17-28-20(31-8-4-5-9-31)29-19(32(17)30-15)25-11-16(33)21(22,23)24/h10,16,33H,2-9,11H2,1H3,(H,25,28,29)/t16-/m0/s1. The summed E-state index contributed by atoms with van der Waals surface area (Å²) in [6.07, 6.45) is -1.32. The molecule has 12 heteroatoms. The van der Waals surface area contributed by atoms with Crippen LogP contribution in [-0.2, 0) is 12.8 Å². The minimum atomic E-state index is -4.73. The Morgan fingerprint density at radius 2 is 1.73 bits per heavy atom. The first-order chi connectivity index (χ1) is 15.8. The van der Waals surface area contributed by atoms with E-state index in [1.54, 1.807) is 6.07 Å². The molecule has 0 unspecified atom stereocenters. The van der Waals surface area contributed by atoms with Crippen LogP contribution in [0.3, 0.4) is 0 Å². The second kappa shape index (κ2) is 8.40. The molecule has 33 heavy (non-hydrogen) atoms. The van der Waals surface area contributed by atoms with Crippen LogP contribution in [0.2, 0.25) is 0 Å². The highest BCUT2D eigenvalue weighted by atomic mass is 19.4. The van der Waals surface area contributed by atoms with Crippen LogP contribution >= 0.6 is 0 Å². The molecule has 9 nitrogen and oxygen atoms in total. The predicted molar refractivity (Wildman–Crippen MR) is 115 cm³/mol. The Morgan fingerprint density at radius 1 is 1.03 bits per heavy atom. The molecular formula is C21H25F3N8O. The highest BCUT2D eigenvalue weighted by Gasteiger charge is 2.38. The fourth-order valence-electron chi connectivity index (χ4n) is 4.30. The van der Waals surface area contributed by atoms with Crippen molar-refractivity contribution >= 4 is 17.5 Å². The van der Waals surface area contributed by atoms with E-state index < -0.39 is 18.8 Å². The molecule has 4 heterocycles. The van der Waals surface area contributed by atoms with Gasteiger partial charge in [-0.1, -0.05) is 0 Å². The number of nitrogens with one attached hydrogen (secondary N) is 1. The van der Waals surface area contributed by atoms with Crippen LogP contribution in [0, 0.1) is 6.92 Å². The van der Waals surface area contributed by atoms with E-state index in [0.29, 0.717) is 23.0 Å². The summed E-state index contributed by atoms with van der Waals surface area (Å²) >= 11 is 0. The van der Waals surface area contributed by atoms with Gasteiger partial charge in [0.2, 0.25) is 11.9 Å². The van der Waals surface area contributed by atoms with E-state index in [1.165, 1.54) is 4.52 Å². The van der Waals surface area contributed by atoms with Crippen LogP contribution in [0.1, 0.15) is 42.8 Å². The monoisotopic (exact) mass is 462 g/mol. The number of rotatable bonds is 5. The zero-order valence-electron chi connectivity index (χ0n) is 18.2. The molecule has 0 spiro atoms. The summed E-state index contributed by atoms with van der Waals surface area (Å²) in [5.74, 6) is 0.503. The predicted octanol–water partition coefficient (Wildman–Crippen LogP) is 2.70. The fourth-order valence-corrected chi connectivity index (χ4v) is 4.30. The number of aliphatic hydroxyl groups excluding tert-OH is 1. The number of aromatic nitrogens is 6. The summed E-state index contributed by atoms with van der Waals surface area (Å²) in [4.78, 5) is 20.5. The summed E-state index contributed by atoms with van der Waals surface area (Å²) in [6.45, 7) is 2.68. The first-order valence-corrected chi connectivity index (χ1v) is 11.2. The molecule has 1 aliphatic carbocycles. The lowest BCUT2D eigenvalue weighted by atomic mass is 10.00. The van der Waals surface area contributed by atoms with Crippen molar-refractivity contribution in [3.63, 3.8) is 0 Å². The Bertz CT molecular complexity index is 1170. The van der Waals surface area contributed by atoms with Crippen molar-refractivity contribution in [3.8, 4) is 11.4 Å². The Hall–Kier alpha value is -3.02. The van der Waals surface area contributed by atoms with Gasteiger partial charge in [0.25, 0.3) is 0 Å². The third kappa shape index (κ3) is 4.31. The second-order valence-electron chi connectivity index (χ2n) is 8.54. The zero-order chi connectivity index (χ0) is 23.2. The van der Waals surface area contributed by atoms with Crippen molar-refractivity contribution in [1.82, 2.24) is 29.5 Å². The van der Waals surface area contributed by atoms with Gasteiger partial charge >= 0.3 is 6.18 Å². The van der Waals surface area contributed by atoms with E-state index in [4.69, 9.17) is 9.97 Å². The molecule has 1 fully saturated rings. The molecule has 2 N–H and O–H groups in total. The van der Waals surface area contributed by atoms with Crippen LogP contribution in [0.4, 0.5) is 25.1 Å². The van der Waals surface area contributed by atoms with Crippen molar-refractivity contribution in [1.29, 1.82) is 0 Å². The molecule has 0 aromatic carbocycles. The fraction of sp³-hybridized carbons (Fsp3) is 0.571. The number of nitrogens with zero attached hydrogens (tertiary/aromatic N) is 7. The van der Waals surface area contributed by atoms with E-state index in [0.717, 1.165) is 68.7 Å². The summed E-state index contributed by atoms with van der Waals surface area (Å²) in [5.41, 5.74) is 4.32. The molecule has 0 saturated carbocycles. The Labute approximate surface area is 188 Å². The van der Waals surface area contributed by atoms with Gasteiger partial charge in [-0.3, -0.25) is 4.98 Å². The van der Waals surface area contributed by atoms with E-state index in [2.05, 4.69) is 20.4 Å². The van der Waals surface area contributed by atoms with Gasteiger partial charge in [-0.05, 0) is 45.4 Å². The van der Waals surface area contributed by atoms with Gasteiger partial charge in [0.15, 0.2) is 11.8 Å². The molecule has 5 rings (SSSR count). The van der Waals surface area contributed by atoms with E-state index in [1.807, 2.05) is 11.8 Å². The normalized spacial score (nSPS) is 17.4. The first-order valence-electron chi connectivity index (χ1n) is 11.2. The lowest BCUT2D eigenvalue weighted by Crippen LogP contribution is -2.35. The minimum Gasteiger partial charge on any atom is -0.382 e.